The van der Waals surface area contributed by atoms with Crippen molar-refractivity contribution < 1.29 is 4.74 Å². The molecule has 21 heavy (non-hydrogen) atoms. The molecular formula is C18H20N2O. The van der Waals surface area contributed by atoms with Crippen molar-refractivity contribution in [2.45, 2.75) is 27.2 Å². The molecule has 108 valence electrons. The minimum absolute atomic E-state index is 0.675. The lowest BCUT2D eigenvalue weighted by atomic mass is 10.1. The van der Waals surface area contributed by atoms with Gasteiger partial charge in [-0.25, -0.2) is 4.98 Å². The number of fused-ring (bicyclic) bond motifs is 1. The van der Waals surface area contributed by atoms with Crippen molar-refractivity contribution in [1.29, 1.82) is 0 Å². The number of imidazole rings is 1. The Hall–Kier alpha value is -2.29. The van der Waals surface area contributed by atoms with Gasteiger partial charge in [0, 0.05) is 12.0 Å². The van der Waals surface area contributed by atoms with Crippen LogP contribution in [0.4, 0.5) is 0 Å². The van der Waals surface area contributed by atoms with Crippen molar-refractivity contribution in [3.63, 3.8) is 0 Å². The molecule has 0 aliphatic rings. The Bertz CT molecular complexity index is 760. The zero-order valence-corrected chi connectivity index (χ0v) is 12.7. The van der Waals surface area contributed by atoms with Gasteiger partial charge in [-0.1, -0.05) is 30.3 Å². The number of hydrogen-bond donors (Lipinski definition) is 1. The van der Waals surface area contributed by atoms with E-state index in [1.807, 2.05) is 13.0 Å². The maximum Gasteiger partial charge on any atom is 0.127 e. The van der Waals surface area contributed by atoms with Gasteiger partial charge >= 0.3 is 0 Å². The smallest absolute Gasteiger partial charge is 0.127 e. The summed E-state index contributed by atoms with van der Waals surface area (Å²) in [5, 5.41) is 0. The molecule has 3 heteroatoms. The first-order chi connectivity index (χ1) is 10.2. The highest BCUT2D eigenvalue weighted by molar-refractivity contribution is 5.82. The third-order valence-electron chi connectivity index (χ3n) is 3.70. The summed E-state index contributed by atoms with van der Waals surface area (Å²) in [6.45, 7) is 6.84. The molecule has 0 fully saturated rings. The second-order valence-electron chi connectivity index (χ2n) is 5.32. The third-order valence-corrected chi connectivity index (χ3v) is 3.70. The van der Waals surface area contributed by atoms with Gasteiger partial charge < -0.3 is 9.72 Å². The molecule has 0 aliphatic heterocycles. The van der Waals surface area contributed by atoms with Gasteiger partial charge in [0.25, 0.3) is 0 Å². The van der Waals surface area contributed by atoms with Gasteiger partial charge in [-0.15, -0.1) is 0 Å². The molecule has 1 N–H and O–H groups in total. The maximum absolute atomic E-state index is 5.75. The van der Waals surface area contributed by atoms with Crippen LogP contribution in [-0.4, -0.2) is 16.6 Å². The number of aromatic nitrogens is 2. The number of benzene rings is 2. The van der Waals surface area contributed by atoms with E-state index in [0.29, 0.717) is 6.61 Å². The summed E-state index contributed by atoms with van der Waals surface area (Å²) in [5.74, 6) is 1.95. The number of rotatable bonds is 4. The van der Waals surface area contributed by atoms with Crippen LogP contribution in [0.5, 0.6) is 5.75 Å². The van der Waals surface area contributed by atoms with Crippen LogP contribution in [0.3, 0.4) is 0 Å². The average molecular weight is 280 g/mol. The molecule has 3 nitrogen and oxygen atoms in total. The summed E-state index contributed by atoms with van der Waals surface area (Å²) >= 11 is 0. The summed E-state index contributed by atoms with van der Waals surface area (Å²) in [6.07, 6.45) is 0.817. The first-order valence-electron chi connectivity index (χ1n) is 7.34. The van der Waals surface area contributed by atoms with E-state index in [0.717, 1.165) is 40.2 Å². The molecule has 3 rings (SSSR count). The molecule has 0 saturated carbocycles. The number of H-pyrrole nitrogens is 1. The molecule has 0 amide bonds. The molecular weight excluding hydrogens is 260 g/mol. The van der Waals surface area contributed by atoms with Crippen LogP contribution >= 0.6 is 0 Å². The van der Waals surface area contributed by atoms with Crippen molar-refractivity contribution in [3.8, 4) is 5.75 Å². The molecule has 0 atom stereocenters. The van der Waals surface area contributed by atoms with Crippen molar-refractivity contribution in [3.05, 3.63) is 58.9 Å². The molecule has 2 aromatic carbocycles. The summed E-state index contributed by atoms with van der Waals surface area (Å²) in [6, 6.07) is 12.5. The van der Waals surface area contributed by atoms with E-state index in [1.165, 1.54) is 5.56 Å². The summed E-state index contributed by atoms with van der Waals surface area (Å²) in [4.78, 5) is 8.18. The first-order valence-corrected chi connectivity index (χ1v) is 7.34. The fourth-order valence-corrected chi connectivity index (χ4v) is 2.75. The molecule has 1 aromatic heterocycles. The summed E-state index contributed by atoms with van der Waals surface area (Å²) in [7, 11) is 0. The molecule has 0 spiro atoms. The number of aryl methyl sites for hydroxylation is 2. The fraction of sp³-hybridized carbons (Fsp3) is 0.278. The first kappa shape index (κ1) is 13.7. The number of aromatic amines is 1. The normalized spacial score (nSPS) is 11.0. The quantitative estimate of drug-likeness (QED) is 0.779. The van der Waals surface area contributed by atoms with Crippen LogP contribution in [0, 0.1) is 13.8 Å². The van der Waals surface area contributed by atoms with Crippen molar-refractivity contribution in [2.24, 2.45) is 0 Å². The third kappa shape index (κ3) is 2.64. The predicted octanol–water partition coefficient (Wildman–Crippen LogP) is 4.17. The van der Waals surface area contributed by atoms with Gasteiger partial charge in [-0.3, -0.25) is 0 Å². The Kier molecular flexibility index (Phi) is 3.65. The average Bonchev–Trinajstić information content (AvgIpc) is 2.87. The molecule has 0 saturated heterocycles. The Morgan fingerprint density at radius 3 is 2.62 bits per heavy atom. The van der Waals surface area contributed by atoms with E-state index in [9.17, 15) is 0 Å². The lowest BCUT2D eigenvalue weighted by Gasteiger charge is -2.10. The lowest BCUT2D eigenvalue weighted by Crippen LogP contribution is -1.97. The van der Waals surface area contributed by atoms with Gasteiger partial charge in [-0.05, 0) is 38.0 Å². The molecule has 0 bridgehead atoms. The predicted molar refractivity (Wildman–Crippen MR) is 86.0 cm³/mol. The second-order valence-corrected chi connectivity index (χ2v) is 5.32. The number of nitrogens with zero attached hydrogens (tertiary/aromatic N) is 1. The number of ether oxygens (including phenoxy) is 1. The standard InChI is InChI=1S/C18H20N2O/c1-4-21-18-12(2)10-15-17(13(18)3)20-16(19-15)11-14-8-6-5-7-9-14/h5-10H,4,11H2,1-3H3,(H,19,20). The van der Waals surface area contributed by atoms with Crippen molar-refractivity contribution in [1.82, 2.24) is 9.97 Å². The van der Waals surface area contributed by atoms with Crippen molar-refractivity contribution >= 4 is 11.0 Å². The van der Waals surface area contributed by atoms with E-state index in [4.69, 9.17) is 9.72 Å². The van der Waals surface area contributed by atoms with Crippen LogP contribution < -0.4 is 4.74 Å². The second kappa shape index (κ2) is 5.60. The molecule has 0 aliphatic carbocycles. The van der Waals surface area contributed by atoms with Crippen LogP contribution in [0.15, 0.2) is 36.4 Å². The summed E-state index contributed by atoms with van der Waals surface area (Å²) < 4.78 is 5.75. The highest BCUT2D eigenvalue weighted by atomic mass is 16.5. The van der Waals surface area contributed by atoms with E-state index in [-0.39, 0.29) is 0 Å². The molecule has 0 unspecified atom stereocenters. The van der Waals surface area contributed by atoms with E-state index in [2.05, 4.69) is 49.2 Å². The van der Waals surface area contributed by atoms with E-state index < -0.39 is 0 Å². The van der Waals surface area contributed by atoms with Crippen LogP contribution in [-0.2, 0) is 6.42 Å². The van der Waals surface area contributed by atoms with E-state index >= 15 is 0 Å². The minimum atomic E-state index is 0.675. The topological polar surface area (TPSA) is 37.9 Å². The largest absolute Gasteiger partial charge is 0.493 e. The van der Waals surface area contributed by atoms with Gasteiger partial charge in [0.15, 0.2) is 0 Å². The Labute approximate surface area is 125 Å². The van der Waals surface area contributed by atoms with E-state index in [1.54, 1.807) is 0 Å². The Balaban J connectivity index is 2.02. The fourth-order valence-electron chi connectivity index (χ4n) is 2.75. The Morgan fingerprint density at radius 1 is 1.14 bits per heavy atom. The lowest BCUT2D eigenvalue weighted by molar-refractivity contribution is 0.336. The molecule has 1 heterocycles. The highest BCUT2D eigenvalue weighted by Gasteiger charge is 2.13. The van der Waals surface area contributed by atoms with Crippen molar-refractivity contribution in [2.75, 3.05) is 6.61 Å². The number of hydrogen-bond acceptors (Lipinski definition) is 2. The van der Waals surface area contributed by atoms with Crippen LogP contribution in [0.25, 0.3) is 11.0 Å². The van der Waals surface area contributed by atoms with Crippen LogP contribution in [0.1, 0.15) is 29.4 Å². The summed E-state index contributed by atoms with van der Waals surface area (Å²) in [5.41, 5.74) is 5.62. The van der Waals surface area contributed by atoms with Gasteiger partial charge in [0.2, 0.25) is 0 Å². The van der Waals surface area contributed by atoms with Gasteiger partial charge in [0.05, 0.1) is 17.6 Å². The SMILES string of the molecule is CCOc1c(C)cc2[nH]c(Cc3ccccc3)nc2c1C. The zero-order chi connectivity index (χ0) is 14.8. The monoisotopic (exact) mass is 280 g/mol. The van der Waals surface area contributed by atoms with Crippen LogP contribution in [0.2, 0.25) is 0 Å². The minimum Gasteiger partial charge on any atom is -0.493 e. The Morgan fingerprint density at radius 2 is 1.90 bits per heavy atom. The maximum atomic E-state index is 5.75. The van der Waals surface area contributed by atoms with Gasteiger partial charge in [-0.2, -0.15) is 0 Å². The highest BCUT2D eigenvalue weighted by Crippen LogP contribution is 2.30. The number of nitrogens with one attached hydrogen (secondary N) is 1. The van der Waals surface area contributed by atoms with Gasteiger partial charge in [0.1, 0.15) is 11.6 Å². The molecule has 0 radical (unpaired) electrons. The molecule has 3 aromatic rings. The zero-order valence-electron chi connectivity index (χ0n) is 12.7.